The molecule has 108 valence electrons. The van der Waals surface area contributed by atoms with Crippen LogP contribution in [0, 0.1) is 5.92 Å². The van der Waals surface area contributed by atoms with Crippen molar-refractivity contribution in [3.05, 3.63) is 0 Å². The number of nitrogens with zero attached hydrogens (tertiary/aromatic N) is 1. The lowest BCUT2D eigenvalue weighted by Gasteiger charge is -2.34. The topological polar surface area (TPSA) is 58.6 Å². The van der Waals surface area contributed by atoms with Crippen LogP contribution >= 0.6 is 11.8 Å². The van der Waals surface area contributed by atoms with Gasteiger partial charge in [-0.05, 0) is 32.4 Å². The molecule has 0 radical (unpaired) electrons. The predicted octanol–water partition coefficient (Wildman–Crippen LogP) is 0.493. The van der Waals surface area contributed by atoms with Gasteiger partial charge in [-0.25, -0.2) is 4.79 Å². The third-order valence-corrected chi connectivity index (χ3v) is 4.66. The largest absolute Gasteiger partial charge is 0.464 e. The molecule has 2 aliphatic heterocycles. The number of hydrogen-bond donors (Lipinski definition) is 1. The number of ether oxygens (including phenoxy) is 1. The monoisotopic (exact) mass is 286 g/mol. The molecule has 0 aromatic heterocycles. The van der Waals surface area contributed by atoms with Gasteiger partial charge < -0.3 is 15.0 Å². The molecule has 0 spiro atoms. The molecule has 2 fully saturated rings. The zero-order chi connectivity index (χ0) is 13.7. The molecule has 0 bridgehead atoms. The highest BCUT2D eigenvalue weighted by atomic mass is 32.2. The molecule has 1 N–H and O–H groups in total. The summed E-state index contributed by atoms with van der Waals surface area (Å²) in [6, 6.07) is -0.388. The fourth-order valence-electron chi connectivity index (χ4n) is 2.59. The Kier molecular flexibility index (Phi) is 5.51. The molecule has 0 aromatic carbocycles. The maximum Gasteiger partial charge on any atom is 0.329 e. The molecule has 2 aliphatic rings. The summed E-state index contributed by atoms with van der Waals surface area (Å²) in [7, 11) is 0. The summed E-state index contributed by atoms with van der Waals surface area (Å²) in [6.45, 7) is 4.74. The number of nitrogens with one attached hydrogen (secondary N) is 1. The summed E-state index contributed by atoms with van der Waals surface area (Å²) < 4.78 is 5.07. The number of esters is 1. The van der Waals surface area contributed by atoms with Gasteiger partial charge in [0.2, 0.25) is 5.91 Å². The molecule has 1 amide bonds. The van der Waals surface area contributed by atoms with Crippen LogP contribution in [0.15, 0.2) is 0 Å². The summed E-state index contributed by atoms with van der Waals surface area (Å²) in [5, 5.41) is 3.27. The van der Waals surface area contributed by atoms with Crippen molar-refractivity contribution >= 4 is 23.6 Å². The quantitative estimate of drug-likeness (QED) is 0.762. The average molecular weight is 286 g/mol. The zero-order valence-electron chi connectivity index (χ0n) is 11.4. The van der Waals surface area contributed by atoms with Gasteiger partial charge in [0.05, 0.1) is 6.61 Å². The van der Waals surface area contributed by atoms with Gasteiger partial charge in [-0.3, -0.25) is 4.79 Å². The van der Waals surface area contributed by atoms with Gasteiger partial charge >= 0.3 is 5.97 Å². The number of thioether (sulfide) groups is 1. The predicted molar refractivity (Wildman–Crippen MR) is 75.1 cm³/mol. The molecule has 6 heteroatoms. The summed E-state index contributed by atoms with van der Waals surface area (Å²) >= 11 is 1.71. The van der Waals surface area contributed by atoms with Gasteiger partial charge in [-0.1, -0.05) is 0 Å². The Morgan fingerprint density at radius 1 is 1.47 bits per heavy atom. The van der Waals surface area contributed by atoms with Crippen LogP contribution in [0.5, 0.6) is 0 Å². The third-order valence-electron chi connectivity index (χ3n) is 3.63. The van der Waals surface area contributed by atoms with E-state index in [2.05, 4.69) is 5.32 Å². The normalized spacial score (nSPS) is 27.3. The van der Waals surface area contributed by atoms with Crippen molar-refractivity contribution in [3.63, 3.8) is 0 Å². The second-order valence-corrected chi connectivity index (χ2v) is 6.14. The van der Waals surface area contributed by atoms with Gasteiger partial charge in [0, 0.05) is 24.5 Å². The molecule has 2 saturated heterocycles. The zero-order valence-corrected chi connectivity index (χ0v) is 12.2. The Morgan fingerprint density at radius 3 is 3.00 bits per heavy atom. The standard InChI is InChI=1S/C13H22N2O3S/c1-2-18-13(17)11-9-19-6-5-15(11)12(16)7-10-3-4-14-8-10/h10-11,14H,2-9H2,1H3. The number of hydrogen-bond acceptors (Lipinski definition) is 5. The van der Waals surface area contributed by atoms with E-state index in [1.54, 1.807) is 23.6 Å². The van der Waals surface area contributed by atoms with Crippen molar-refractivity contribution in [1.29, 1.82) is 0 Å². The molecule has 0 aromatic rings. The lowest BCUT2D eigenvalue weighted by atomic mass is 10.0. The number of rotatable bonds is 4. The van der Waals surface area contributed by atoms with Crippen LogP contribution in [0.2, 0.25) is 0 Å². The van der Waals surface area contributed by atoms with E-state index in [1.807, 2.05) is 0 Å². The van der Waals surface area contributed by atoms with Crippen LogP contribution in [0.1, 0.15) is 19.8 Å². The number of carbonyl (C=O) groups excluding carboxylic acids is 2. The van der Waals surface area contributed by atoms with E-state index in [0.717, 1.165) is 25.3 Å². The molecular formula is C13H22N2O3S. The molecule has 0 aliphatic carbocycles. The van der Waals surface area contributed by atoms with E-state index < -0.39 is 0 Å². The first-order valence-corrected chi connectivity index (χ1v) is 8.12. The highest BCUT2D eigenvalue weighted by molar-refractivity contribution is 7.99. The fraction of sp³-hybridized carbons (Fsp3) is 0.846. The first kappa shape index (κ1) is 14.7. The van der Waals surface area contributed by atoms with Crippen molar-refractivity contribution in [1.82, 2.24) is 10.2 Å². The average Bonchev–Trinajstić information content (AvgIpc) is 2.92. The Morgan fingerprint density at radius 2 is 2.32 bits per heavy atom. The van der Waals surface area contributed by atoms with Gasteiger partial charge in [0.25, 0.3) is 0 Å². The highest BCUT2D eigenvalue weighted by Gasteiger charge is 2.34. The second kappa shape index (κ2) is 7.14. The minimum atomic E-state index is -0.388. The molecule has 2 rings (SSSR count). The first-order valence-electron chi connectivity index (χ1n) is 6.97. The number of carbonyl (C=O) groups is 2. The molecular weight excluding hydrogens is 264 g/mol. The van der Waals surface area contributed by atoms with Gasteiger partial charge in [0.1, 0.15) is 6.04 Å². The van der Waals surface area contributed by atoms with Crippen LogP contribution in [0.3, 0.4) is 0 Å². The lowest BCUT2D eigenvalue weighted by Crippen LogP contribution is -2.51. The van der Waals surface area contributed by atoms with Gasteiger partial charge in [0.15, 0.2) is 0 Å². The lowest BCUT2D eigenvalue weighted by molar-refractivity contribution is -0.154. The second-order valence-electron chi connectivity index (χ2n) is 4.99. The highest BCUT2D eigenvalue weighted by Crippen LogP contribution is 2.21. The maximum atomic E-state index is 12.4. The van der Waals surface area contributed by atoms with E-state index in [4.69, 9.17) is 4.74 Å². The molecule has 19 heavy (non-hydrogen) atoms. The summed E-state index contributed by atoms with van der Waals surface area (Å²) in [4.78, 5) is 26.0. The van der Waals surface area contributed by atoms with E-state index in [-0.39, 0.29) is 17.9 Å². The van der Waals surface area contributed by atoms with Crippen LogP contribution in [-0.4, -0.2) is 60.6 Å². The Bertz CT molecular complexity index is 332. The number of amides is 1. The molecule has 2 heterocycles. The van der Waals surface area contributed by atoms with E-state index in [1.165, 1.54) is 0 Å². The Labute approximate surface area is 118 Å². The fourth-order valence-corrected chi connectivity index (χ4v) is 3.62. The van der Waals surface area contributed by atoms with E-state index in [0.29, 0.717) is 31.2 Å². The SMILES string of the molecule is CCOC(=O)C1CSCCN1C(=O)CC1CCNC1. The van der Waals surface area contributed by atoms with Crippen molar-refractivity contribution in [2.75, 3.05) is 37.7 Å². The summed E-state index contributed by atoms with van der Waals surface area (Å²) in [5.41, 5.74) is 0. The van der Waals surface area contributed by atoms with Gasteiger partial charge in [-0.15, -0.1) is 0 Å². The molecule has 2 unspecified atom stereocenters. The summed E-state index contributed by atoms with van der Waals surface area (Å²) in [5.74, 6) is 1.84. The van der Waals surface area contributed by atoms with E-state index >= 15 is 0 Å². The van der Waals surface area contributed by atoms with Crippen molar-refractivity contribution < 1.29 is 14.3 Å². The van der Waals surface area contributed by atoms with E-state index in [9.17, 15) is 9.59 Å². The smallest absolute Gasteiger partial charge is 0.329 e. The van der Waals surface area contributed by atoms with Crippen LogP contribution in [0.4, 0.5) is 0 Å². The third kappa shape index (κ3) is 3.86. The van der Waals surface area contributed by atoms with Crippen molar-refractivity contribution in [2.24, 2.45) is 5.92 Å². The molecule has 0 saturated carbocycles. The minimum absolute atomic E-state index is 0.104. The van der Waals surface area contributed by atoms with Crippen molar-refractivity contribution in [3.8, 4) is 0 Å². The molecule has 2 atom stereocenters. The Hall–Kier alpha value is -0.750. The Balaban J connectivity index is 1.93. The van der Waals surface area contributed by atoms with Gasteiger partial charge in [-0.2, -0.15) is 11.8 Å². The first-order chi connectivity index (χ1) is 9.22. The van der Waals surface area contributed by atoms with Crippen LogP contribution in [-0.2, 0) is 14.3 Å². The minimum Gasteiger partial charge on any atom is -0.464 e. The summed E-state index contributed by atoms with van der Waals surface area (Å²) in [6.07, 6.45) is 1.60. The van der Waals surface area contributed by atoms with Crippen LogP contribution < -0.4 is 5.32 Å². The maximum absolute atomic E-state index is 12.4. The van der Waals surface area contributed by atoms with Crippen molar-refractivity contribution in [2.45, 2.75) is 25.8 Å². The van der Waals surface area contributed by atoms with Crippen LogP contribution in [0.25, 0.3) is 0 Å². The molecule has 5 nitrogen and oxygen atoms in total.